The molecule has 0 aliphatic heterocycles. The molecule has 0 radical (unpaired) electrons. The van der Waals surface area contributed by atoms with Gasteiger partial charge < -0.3 is 5.11 Å². The highest BCUT2D eigenvalue weighted by Gasteiger charge is 2.04. The molecule has 4 rings (SSSR count). The fraction of sp³-hybridized carbons (Fsp3) is 0. The topological polar surface area (TPSA) is 32.6 Å². The van der Waals surface area contributed by atoms with Crippen molar-refractivity contribution in [3.8, 4) is 5.75 Å². The number of hydrogen-bond donors (Lipinski definition) is 1. The largest absolute Gasteiger partial charge is 0.507 e. The molecule has 110 valence electrons. The third-order valence-corrected chi connectivity index (χ3v) is 4.04. The lowest BCUT2D eigenvalue weighted by molar-refractivity contribution is 0.481. The Hall–Kier alpha value is -3.13. The lowest BCUT2D eigenvalue weighted by Gasteiger charge is -2.05. The number of aliphatic imine (C=N–C) groups is 1. The molecule has 4 aromatic carbocycles. The molecule has 1 N–H and O–H groups in total. The van der Waals surface area contributed by atoms with Gasteiger partial charge in [0.05, 0.1) is 5.69 Å². The molecule has 0 amide bonds. The number of benzene rings is 4. The zero-order valence-corrected chi connectivity index (χ0v) is 12.5. The molecule has 2 heteroatoms. The molecule has 0 fully saturated rings. The first-order chi connectivity index (χ1) is 11.3. The van der Waals surface area contributed by atoms with Gasteiger partial charge in [0.1, 0.15) is 5.75 Å². The molecule has 0 saturated carbocycles. The van der Waals surface area contributed by atoms with Crippen molar-refractivity contribution < 1.29 is 5.11 Å². The van der Waals surface area contributed by atoms with Gasteiger partial charge in [0.25, 0.3) is 0 Å². The average molecular weight is 297 g/mol. The van der Waals surface area contributed by atoms with Gasteiger partial charge in [-0.2, -0.15) is 0 Å². The minimum Gasteiger partial charge on any atom is -0.507 e. The van der Waals surface area contributed by atoms with Crippen LogP contribution in [0.25, 0.3) is 21.5 Å². The fourth-order valence-corrected chi connectivity index (χ4v) is 2.84. The molecule has 0 unspecified atom stereocenters. The second-order valence-electron chi connectivity index (χ2n) is 5.48. The Kier molecular flexibility index (Phi) is 3.28. The van der Waals surface area contributed by atoms with Gasteiger partial charge in [0.15, 0.2) is 0 Å². The average Bonchev–Trinajstić information content (AvgIpc) is 2.61. The van der Waals surface area contributed by atoms with Crippen molar-refractivity contribution in [1.29, 1.82) is 0 Å². The summed E-state index contributed by atoms with van der Waals surface area (Å²) in [6, 6.07) is 25.9. The van der Waals surface area contributed by atoms with E-state index in [1.807, 2.05) is 60.7 Å². The van der Waals surface area contributed by atoms with Crippen LogP contribution in [0.5, 0.6) is 5.75 Å². The number of nitrogens with zero attached hydrogens (tertiary/aromatic N) is 1. The van der Waals surface area contributed by atoms with Crippen molar-refractivity contribution in [1.82, 2.24) is 0 Å². The SMILES string of the molecule is Oc1c(C=Nc2cccc3ccccc23)ccc2ccccc12. The van der Waals surface area contributed by atoms with E-state index < -0.39 is 0 Å². The molecule has 0 heterocycles. The Morgan fingerprint density at radius 1 is 0.652 bits per heavy atom. The van der Waals surface area contributed by atoms with Crippen LogP contribution in [0.1, 0.15) is 5.56 Å². The summed E-state index contributed by atoms with van der Waals surface area (Å²) in [5.74, 6) is 0.270. The first-order valence-electron chi connectivity index (χ1n) is 7.55. The summed E-state index contributed by atoms with van der Waals surface area (Å²) in [7, 11) is 0. The van der Waals surface area contributed by atoms with Gasteiger partial charge in [-0.05, 0) is 22.9 Å². The third kappa shape index (κ3) is 2.44. The van der Waals surface area contributed by atoms with E-state index >= 15 is 0 Å². The van der Waals surface area contributed by atoms with E-state index in [2.05, 4.69) is 23.2 Å². The number of phenols is 1. The van der Waals surface area contributed by atoms with Crippen molar-refractivity contribution in [3.63, 3.8) is 0 Å². The lowest BCUT2D eigenvalue weighted by Crippen LogP contribution is -1.84. The van der Waals surface area contributed by atoms with Crippen LogP contribution in [0.2, 0.25) is 0 Å². The Morgan fingerprint density at radius 2 is 1.30 bits per heavy atom. The third-order valence-electron chi connectivity index (χ3n) is 4.04. The van der Waals surface area contributed by atoms with Gasteiger partial charge in [-0.3, -0.25) is 4.99 Å². The van der Waals surface area contributed by atoms with Crippen molar-refractivity contribution in [3.05, 3.63) is 84.4 Å². The molecule has 0 saturated heterocycles. The zero-order valence-electron chi connectivity index (χ0n) is 12.5. The maximum Gasteiger partial charge on any atom is 0.132 e. The van der Waals surface area contributed by atoms with Gasteiger partial charge in [-0.25, -0.2) is 0 Å². The normalized spacial score (nSPS) is 11.5. The summed E-state index contributed by atoms with van der Waals surface area (Å²) in [4.78, 5) is 4.59. The van der Waals surface area contributed by atoms with Gasteiger partial charge >= 0.3 is 0 Å². The standard InChI is InChI=1S/C21H15NO/c23-21-17(13-12-16-7-2-4-10-19(16)21)14-22-20-11-5-8-15-6-1-3-9-18(15)20/h1-14,23H. The summed E-state index contributed by atoms with van der Waals surface area (Å²) in [5.41, 5.74) is 1.62. The second-order valence-corrected chi connectivity index (χ2v) is 5.48. The molecule has 0 aliphatic carbocycles. The number of rotatable bonds is 2. The van der Waals surface area contributed by atoms with Crippen LogP contribution in [0.3, 0.4) is 0 Å². The summed E-state index contributed by atoms with van der Waals surface area (Å²) in [6.45, 7) is 0. The molecular weight excluding hydrogens is 282 g/mol. The van der Waals surface area contributed by atoms with Crippen LogP contribution in [0.4, 0.5) is 5.69 Å². The number of phenolic OH excluding ortho intramolecular Hbond substituents is 1. The van der Waals surface area contributed by atoms with Crippen LogP contribution >= 0.6 is 0 Å². The molecule has 0 aliphatic rings. The highest BCUT2D eigenvalue weighted by Crippen LogP contribution is 2.29. The van der Waals surface area contributed by atoms with Crippen LogP contribution in [0, 0.1) is 0 Å². The number of hydrogen-bond acceptors (Lipinski definition) is 2. The van der Waals surface area contributed by atoms with E-state index in [-0.39, 0.29) is 5.75 Å². The van der Waals surface area contributed by atoms with Crippen LogP contribution in [-0.2, 0) is 0 Å². The van der Waals surface area contributed by atoms with Gasteiger partial charge in [-0.1, -0.05) is 66.7 Å². The molecule has 0 aromatic heterocycles. The number of aromatic hydroxyl groups is 1. The molecular formula is C21H15NO. The lowest BCUT2D eigenvalue weighted by atomic mass is 10.1. The molecule has 0 bridgehead atoms. The fourth-order valence-electron chi connectivity index (χ4n) is 2.84. The minimum atomic E-state index is 0.270. The molecule has 23 heavy (non-hydrogen) atoms. The van der Waals surface area contributed by atoms with E-state index in [9.17, 15) is 5.11 Å². The van der Waals surface area contributed by atoms with Crippen LogP contribution in [-0.4, -0.2) is 11.3 Å². The maximum atomic E-state index is 10.4. The van der Waals surface area contributed by atoms with Crippen molar-refractivity contribution in [2.75, 3.05) is 0 Å². The molecule has 2 nitrogen and oxygen atoms in total. The van der Waals surface area contributed by atoms with Crippen LogP contribution in [0.15, 0.2) is 83.9 Å². The highest BCUT2D eigenvalue weighted by molar-refractivity contribution is 5.99. The predicted octanol–water partition coefficient (Wildman–Crippen LogP) is 5.45. The van der Waals surface area contributed by atoms with E-state index in [1.165, 1.54) is 0 Å². The van der Waals surface area contributed by atoms with Crippen molar-refractivity contribution in [2.45, 2.75) is 0 Å². The zero-order chi connectivity index (χ0) is 15.6. The van der Waals surface area contributed by atoms with Crippen molar-refractivity contribution in [2.24, 2.45) is 4.99 Å². The Morgan fingerprint density at radius 3 is 2.13 bits per heavy atom. The first-order valence-corrected chi connectivity index (χ1v) is 7.55. The van der Waals surface area contributed by atoms with Gasteiger partial charge in [0.2, 0.25) is 0 Å². The van der Waals surface area contributed by atoms with Crippen LogP contribution < -0.4 is 0 Å². The summed E-state index contributed by atoms with van der Waals surface area (Å²) in [6.07, 6.45) is 1.73. The quantitative estimate of drug-likeness (QED) is 0.490. The Labute approximate surface area is 134 Å². The summed E-state index contributed by atoms with van der Waals surface area (Å²) < 4.78 is 0. The van der Waals surface area contributed by atoms with Gasteiger partial charge in [0, 0.05) is 22.6 Å². The highest BCUT2D eigenvalue weighted by atomic mass is 16.3. The smallest absolute Gasteiger partial charge is 0.132 e. The molecule has 0 spiro atoms. The summed E-state index contributed by atoms with van der Waals surface area (Å²) >= 11 is 0. The monoisotopic (exact) mass is 297 g/mol. The molecule has 4 aromatic rings. The van der Waals surface area contributed by atoms with E-state index in [1.54, 1.807) is 6.21 Å². The van der Waals surface area contributed by atoms with E-state index in [0.717, 1.165) is 32.8 Å². The number of fused-ring (bicyclic) bond motifs is 2. The Bertz CT molecular complexity index is 1030. The van der Waals surface area contributed by atoms with Crippen molar-refractivity contribution >= 4 is 33.4 Å². The maximum absolute atomic E-state index is 10.4. The second kappa shape index (κ2) is 5.58. The Balaban J connectivity index is 1.80. The van der Waals surface area contributed by atoms with Gasteiger partial charge in [-0.15, -0.1) is 0 Å². The van der Waals surface area contributed by atoms with E-state index in [4.69, 9.17) is 0 Å². The minimum absolute atomic E-state index is 0.270. The predicted molar refractivity (Wildman–Crippen MR) is 96.8 cm³/mol. The summed E-state index contributed by atoms with van der Waals surface area (Å²) in [5, 5.41) is 14.6. The van der Waals surface area contributed by atoms with E-state index in [0.29, 0.717) is 0 Å². The molecule has 0 atom stereocenters. The first kappa shape index (κ1) is 13.5.